The first kappa shape index (κ1) is 19.0. The van der Waals surface area contributed by atoms with E-state index >= 15 is 0 Å². The largest absolute Gasteiger partial charge is 0.383 e. The lowest BCUT2D eigenvalue weighted by Crippen LogP contribution is -2.44. The molecule has 6 nitrogen and oxygen atoms in total. The van der Waals surface area contributed by atoms with Gasteiger partial charge >= 0.3 is 0 Å². The highest BCUT2D eigenvalue weighted by atomic mass is 16.5. The second-order valence-corrected chi connectivity index (χ2v) is 5.24. The van der Waals surface area contributed by atoms with Gasteiger partial charge in [0.15, 0.2) is 5.96 Å². The van der Waals surface area contributed by atoms with Crippen molar-refractivity contribution in [3.05, 3.63) is 35.9 Å². The Bertz CT molecular complexity index is 477. The lowest BCUT2D eigenvalue weighted by molar-refractivity contribution is 0.0953. The molecule has 0 aromatic heterocycles. The number of carbonyl (C=O) groups is 1. The third-order valence-corrected chi connectivity index (χ3v) is 3.07. The number of rotatable bonds is 9. The van der Waals surface area contributed by atoms with Crippen molar-refractivity contribution in [1.29, 1.82) is 0 Å². The molecule has 1 aromatic rings. The molecule has 0 saturated carbocycles. The maximum Gasteiger partial charge on any atom is 0.251 e. The number of amides is 1. The molecule has 0 fully saturated rings. The number of aliphatic imine (C=N–C) groups is 1. The zero-order chi connectivity index (χ0) is 16.9. The summed E-state index contributed by atoms with van der Waals surface area (Å²) in [6.07, 6.45) is 0.786. The van der Waals surface area contributed by atoms with Gasteiger partial charge in [0, 0.05) is 38.3 Å². The fourth-order valence-corrected chi connectivity index (χ4v) is 2.01. The van der Waals surface area contributed by atoms with Gasteiger partial charge in [-0.05, 0) is 32.4 Å². The van der Waals surface area contributed by atoms with Gasteiger partial charge in [-0.25, -0.2) is 0 Å². The van der Waals surface area contributed by atoms with Crippen molar-refractivity contribution >= 4 is 11.9 Å². The van der Waals surface area contributed by atoms with E-state index in [9.17, 15) is 4.79 Å². The molecule has 0 spiro atoms. The summed E-state index contributed by atoms with van der Waals surface area (Å²) in [5.41, 5.74) is 0.680. The van der Waals surface area contributed by atoms with Crippen molar-refractivity contribution in [2.75, 3.05) is 33.4 Å². The van der Waals surface area contributed by atoms with Crippen LogP contribution in [0, 0.1) is 0 Å². The summed E-state index contributed by atoms with van der Waals surface area (Å²) in [6, 6.07) is 9.40. The summed E-state index contributed by atoms with van der Waals surface area (Å²) < 4.78 is 5.10. The molecule has 3 N–H and O–H groups in total. The summed E-state index contributed by atoms with van der Waals surface area (Å²) in [5, 5.41) is 9.36. The molecule has 0 aliphatic rings. The lowest BCUT2D eigenvalue weighted by Gasteiger charge is -2.16. The topological polar surface area (TPSA) is 74.8 Å². The first-order valence-corrected chi connectivity index (χ1v) is 8.04. The first-order valence-electron chi connectivity index (χ1n) is 8.04. The van der Waals surface area contributed by atoms with Crippen molar-refractivity contribution < 1.29 is 9.53 Å². The monoisotopic (exact) mass is 320 g/mol. The summed E-state index contributed by atoms with van der Waals surface area (Å²) in [5.74, 6) is 0.722. The van der Waals surface area contributed by atoms with E-state index in [-0.39, 0.29) is 11.9 Å². The number of carbonyl (C=O) groups excluding carboxylic acids is 1. The van der Waals surface area contributed by atoms with Gasteiger partial charge in [0.05, 0.1) is 6.61 Å². The summed E-state index contributed by atoms with van der Waals surface area (Å²) in [4.78, 5) is 16.4. The molecule has 0 aliphatic carbocycles. The van der Waals surface area contributed by atoms with E-state index in [1.54, 1.807) is 19.2 Å². The van der Waals surface area contributed by atoms with Crippen LogP contribution in [0.5, 0.6) is 0 Å². The Balaban J connectivity index is 2.30. The fourth-order valence-electron chi connectivity index (χ4n) is 2.01. The molecule has 128 valence electrons. The standard InChI is InChI=1S/C17H28N4O2/c1-4-18-17(21-14(2)13-23-3)20-12-8-11-19-16(22)15-9-6-5-7-10-15/h5-7,9-10,14H,4,8,11-13H2,1-3H3,(H,19,22)(H2,18,20,21). The van der Waals surface area contributed by atoms with E-state index in [4.69, 9.17) is 4.74 Å². The van der Waals surface area contributed by atoms with Gasteiger partial charge in [0.2, 0.25) is 0 Å². The van der Waals surface area contributed by atoms with Crippen molar-refractivity contribution in [3.8, 4) is 0 Å². The Morgan fingerprint density at radius 2 is 2.00 bits per heavy atom. The van der Waals surface area contributed by atoms with Gasteiger partial charge in [-0.15, -0.1) is 0 Å². The van der Waals surface area contributed by atoms with Crippen LogP contribution < -0.4 is 16.0 Å². The maximum absolute atomic E-state index is 11.9. The molecule has 0 radical (unpaired) electrons. The predicted octanol–water partition coefficient (Wildman–Crippen LogP) is 1.40. The number of benzene rings is 1. The molecule has 0 heterocycles. The number of ether oxygens (including phenoxy) is 1. The van der Waals surface area contributed by atoms with Crippen LogP contribution >= 0.6 is 0 Å². The highest BCUT2D eigenvalue weighted by molar-refractivity contribution is 5.94. The van der Waals surface area contributed by atoms with Gasteiger partial charge < -0.3 is 20.7 Å². The minimum absolute atomic E-state index is 0.0478. The highest BCUT2D eigenvalue weighted by Crippen LogP contribution is 1.97. The van der Waals surface area contributed by atoms with E-state index in [1.807, 2.05) is 32.0 Å². The second kappa shape index (κ2) is 11.5. The molecule has 1 amide bonds. The number of hydrogen-bond acceptors (Lipinski definition) is 3. The Morgan fingerprint density at radius 1 is 1.26 bits per heavy atom. The average molecular weight is 320 g/mol. The Kier molecular flexibility index (Phi) is 9.47. The van der Waals surface area contributed by atoms with Gasteiger partial charge in [0.1, 0.15) is 0 Å². The summed E-state index contributed by atoms with van der Waals surface area (Å²) >= 11 is 0. The third kappa shape index (κ3) is 8.21. The Labute approximate surface area is 138 Å². The van der Waals surface area contributed by atoms with Crippen LogP contribution in [0.1, 0.15) is 30.6 Å². The molecule has 1 atom stereocenters. The average Bonchev–Trinajstić information content (AvgIpc) is 2.55. The molecule has 0 bridgehead atoms. The Morgan fingerprint density at radius 3 is 2.65 bits per heavy atom. The van der Waals surface area contributed by atoms with E-state index in [2.05, 4.69) is 20.9 Å². The van der Waals surface area contributed by atoms with Crippen LogP contribution in [-0.2, 0) is 4.74 Å². The number of nitrogens with one attached hydrogen (secondary N) is 3. The van der Waals surface area contributed by atoms with Crippen LogP contribution in [0.15, 0.2) is 35.3 Å². The van der Waals surface area contributed by atoms with Crippen molar-refractivity contribution in [1.82, 2.24) is 16.0 Å². The zero-order valence-corrected chi connectivity index (χ0v) is 14.3. The number of guanidine groups is 1. The van der Waals surface area contributed by atoms with E-state index in [0.717, 1.165) is 18.9 Å². The van der Waals surface area contributed by atoms with Crippen LogP contribution in [0.2, 0.25) is 0 Å². The van der Waals surface area contributed by atoms with Crippen LogP contribution in [0.3, 0.4) is 0 Å². The summed E-state index contributed by atoms with van der Waals surface area (Å²) in [7, 11) is 1.68. The smallest absolute Gasteiger partial charge is 0.251 e. The number of methoxy groups -OCH3 is 1. The maximum atomic E-state index is 11.9. The lowest BCUT2D eigenvalue weighted by atomic mass is 10.2. The minimum Gasteiger partial charge on any atom is -0.383 e. The van der Waals surface area contributed by atoms with E-state index < -0.39 is 0 Å². The summed E-state index contributed by atoms with van der Waals surface area (Å²) in [6.45, 7) is 6.73. The molecule has 1 rings (SSSR count). The van der Waals surface area contributed by atoms with E-state index in [1.165, 1.54) is 0 Å². The van der Waals surface area contributed by atoms with Gasteiger partial charge in [0.25, 0.3) is 5.91 Å². The predicted molar refractivity (Wildman–Crippen MR) is 93.8 cm³/mol. The molecule has 1 aromatic carbocycles. The highest BCUT2D eigenvalue weighted by Gasteiger charge is 2.05. The van der Waals surface area contributed by atoms with Crippen molar-refractivity contribution in [3.63, 3.8) is 0 Å². The minimum atomic E-state index is -0.0478. The number of nitrogens with zero attached hydrogens (tertiary/aromatic N) is 1. The molecule has 6 heteroatoms. The quantitative estimate of drug-likeness (QED) is 0.365. The second-order valence-electron chi connectivity index (χ2n) is 5.24. The molecular weight excluding hydrogens is 292 g/mol. The van der Waals surface area contributed by atoms with Crippen molar-refractivity contribution in [2.24, 2.45) is 4.99 Å². The normalized spacial score (nSPS) is 12.6. The SMILES string of the molecule is CCNC(=NCCCNC(=O)c1ccccc1)NC(C)COC. The molecule has 0 aliphatic heterocycles. The first-order chi connectivity index (χ1) is 11.2. The van der Waals surface area contributed by atoms with E-state index in [0.29, 0.717) is 25.3 Å². The van der Waals surface area contributed by atoms with Gasteiger partial charge in [-0.2, -0.15) is 0 Å². The zero-order valence-electron chi connectivity index (χ0n) is 14.3. The Hall–Kier alpha value is -2.08. The fraction of sp³-hybridized carbons (Fsp3) is 0.529. The van der Waals surface area contributed by atoms with Gasteiger partial charge in [-0.3, -0.25) is 9.79 Å². The van der Waals surface area contributed by atoms with Crippen LogP contribution in [0.4, 0.5) is 0 Å². The van der Waals surface area contributed by atoms with Crippen LogP contribution in [-0.4, -0.2) is 51.3 Å². The molecule has 0 saturated heterocycles. The molecular formula is C17H28N4O2. The van der Waals surface area contributed by atoms with Crippen molar-refractivity contribution in [2.45, 2.75) is 26.3 Å². The van der Waals surface area contributed by atoms with Gasteiger partial charge in [-0.1, -0.05) is 18.2 Å². The molecule has 23 heavy (non-hydrogen) atoms. The number of hydrogen-bond donors (Lipinski definition) is 3. The van der Waals surface area contributed by atoms with Crippen LogP contribution in [0.25, 0.3) is 0 Å². The third-order valence-electron chi connectivity index (χ3n) is 3.07. The molecule has 1 unspecified atom stereocenters.